The first-order valence-electron chi connectivity index (χ1n) is 7.39. The van der Waals surface area contributed by atoms with E-state index < -0.39 is 10.0 Å². The van der Waals surface area contributed by atoms with E-state index in [1.54, 1.807) is 25.3 Å². The lowest BCUT2D eigenvalue weighted by Crippen LogP contribution is -2.49. The second kappa shape index (κ2) is 6.72. The summed E-state index contributed by atoms with van der Waals surface area (Å²) in [5, 5.41) is 0. The summed E-state index contributed by atoms with van der Waals surface area (Å²) in [5.41, 5.74) is 0. The number of rotatable bonds is 5. The highest BCUT2D eigenvalue weighted by molar-refractivity contribution is 7.89. The maximum absolute atomic E-state index is 12.3. The molecular weight excluding hydrogens is 288 g/mol. The summed E-state index contributed by atoms with van der Waals surface area (Å²) in [7, 11) is -3.49. The lowest BCUT2D eigenvalue weighted by Gasteiger charge is -2.38. The van der Waals surface area contributed by atoms with Crippen LogP contribution >= 0.6 is 0 Å². The Morgan fingerprint density at radius 3 is 2.52 bits per heavy atom. The van der Waals surface area contributed by atoms with E-state index in [2.05, 4.69) is 33.4 Å². The van der Waals surface area contributed by atoms with Crippen molar-refractivity contribution in [1.29, 1.82) is 0 Å². The minimum atomic E-state index is -3.49. The van der Waals surface area contributed by atoms with Gasteiger partial charge in [-0.2, -0.15) is 0 Å². The third-order valence-electron chi connectivity index (χ3n) is 3.72. The summed E-state index contributed by atoms with van der Waals surface area (Å²) in [6.07, 6.45) is 1.65. The molecule has 118 valence electrons. The number of aromatic nitrogens is 1. The van der Waals surface area contributed by atoms with Crippen LogP contribution in [-0.4, -0.2) is 57.1 Å². The van der Waals surface area contributed by atoms with Gasteiger partial charge in [0.2, 0.25) is 10.0 Å². The van der Waals surface area contributed by atoms with Crippen LogP contribution in [0.5, 0.6) is 0 Å². The molecule has 1 N–H and O–H groups in total. The molecule has 2 rings (SSSR count). The maximum Gasteiger partial charge on any atom is 0.244 e. The number of nitrogens with zero attached hydrogens (tertiary/aromatic N) is 3. The zero-order chi connectivity index (χ0) is 15.5. The fraction of sp³-hybridized carbons (Fsp3) is 0.643. The second-order valence-corrected chi connectivity index (χ2v) is 7.18. The van der Waals surface area contributed by atoms with Gasteiger partial charge in [0.15, 0.2) is 0 Å². The van der Waals surface area contributed by atoms with Crippen molar-refractivity contribution < 1.29 is 8.42 Å². The zero-order valence-electron chi connectivity index (χ0n) is 12.9. The van der Waals surface area contributed by atoms with Crippen LogP contribution in [-0.2, 0) is 10.0 Å². The molecule has 1 aromatic heterocycles. The van der Waals surface area contributed by atoms with Crippen molar-refractivity contribution in [2.75, 3.05) is 37.6 Å². The van der Waals surface area contributed by atoms with E-state index >= 15 is 0 Å². The van der Waals surface area contributed by atoms with E-state index in [4.69, 9.17) is 0 Å². The molecule has 1 aliphatic rings. The van der Waals surface area contributed by atoms with Gasteiger partial charge in [-0.3, -0.25) is 4.90 Å². The Labute approximate surface area is 127 Å². The minimum Gasteiger partial charge on any atom is -0.353 e. The zero-order valence-corrected chi connectivity index (χ0v) is 13.7. The molecule has 0 aliphatic carbocycles. The predicted molar refractivity (Wildman–Crippen MR) is 84.0 cm³/mol. The minimum absolute atomic E-state index is 0.268. The summed E-state index contributed by atoms with van der Waals surface area (Å²) in [6.45, 7) is 9.94. The second-order valence-electron chi connectivity index (χ2n) is 5.44. The van der Waals surface area contributed by atoms with Crippen molar-refractivity contribution in [3.63, 3.8) is 0 Å². The van der Waals surface area contributed by atoms with Gasteiger partial charge < -0.3 is 4.90 Å². The van der Waals surface area contributed by atoms with Crippen LogP contribution in [0.25, 0.3) is 0 Å². The molecule has 1 aromatic rings. The Morgan fingerprint density at radius 1 is 1.29 bits per heavy atom. The molecule has 0 atom stereocenters. The molecule has 0 radical (unpaired) electrons. The van der Waals surface area contributed by atoms with Crippen molar-refractivity contribution in [3.8, 4) is 0 Å². The molecule has 0 bridgehead atoms. The lowest BCUT2D eigenvalue weighted by atomic mass is 10.2. The highest BCUT2D eigenvalue weighted by Gasteiger charge is 2.25. The number of anilines is 1. The topological polar surface area (TPSA) is 65.5 Å². The molecule has 21 heavy (non-hydrogen) atoms. The molecule has 2 heterocycles. The van der Waals surface area contributed by atoms with E-state index in [0.29, 0.717) is 18.4 Å². The Bertz CT molecular complexity index is 566. The van der Waals surface area contributed by atoms with Crippen LogP contribution in [0.1, 0.15) is 20.8 Å². The number of piperazine rings is 1. The standard InChI is InChI=1S/C14H24N4O2S/c1-4-16-21(19,20)13-6-5-7-15-14(13)18-10-8-17(9-11-18)12(2)3/h5-7,12,16H,4,8-11H2,1-3H3. The molecule has 1 fully saturated rings. The van der Waals surface area contributed by atoms with Gasteiger partial charge in [0.25, 0.3) is 0 Å². The number of pyridine rings is 1. The fourth-order valence-electron chi connectivity index (χ4n) is 2.55. The normalized spacial score (nSPS) is 17.4. The number of hydrogen-bond donors (Lipinski definition) is 1. The maximum atomic E-state index is 12.3. The molecule has 0 unspecified atom stereocenters. The van der Waals surface area contributed by atoms with Crippen LogP contribution in [0.2, 0.25) is 0 Å². The molecular formula is C14H24N4O2S. The molecule has 0 spiro atoms. The van der Waals surface area contributed by atoms with Gasteiger partial charge in [-0.1, -0.05) is 6.92 Å². The largest absolute Gasteiger partial charge is 0.353 e. The Morgan fingerprint density at radius 2 is 1.95 bits per heavy atom. The van der Waals surface area contributed by atoms with Gasteiger partial charge in [-0.05, 0) is 26.0 Å². The lowest BCUT2D eigenvalue weighted by molar-refractivity contribution is 0.208. The van der Waals surface area contributed by atoms with E-state index in [0.717, 1.165) is 26.2 Å². The third kappa shape index (κ3) is 3.72. The first-order valence-corrected chi connectivity index (χ1v) is 8.87. The van der Waals surface area contributed by atoms with Gasteiger partial charge in [0.1, 0.15) is 10.7 Å². The molecule has 0 amide bonds. The van der Waals surface area contributed by atoms with Crippen LogP contribution in [0.4, 0.5) is 5.82 Å². The molecule has 0 aromatic carbocycles. The van der Waals surface area contributed by atoms with Crippen molar-refractivity contribution in [2.24, 2.45) is 0 Å². The fourth-order valence-corrected chi connectivity index (χ4v) is 3.76. The number of sulfonamides is 1. The van der Waals surface area contributed by atoms with E-state index in [1.807, 2.05) is 0 Å². The highest BCUT2D eigenvalue weighted by Crippen LogP contribution is 2.23. The van der Waals surface area contributed by atoms with Crippen molar-refractivity contribution in [2.45, 2.75) is 31.7 Å². The van der Waals surface area contributed by atoms with Crippen LogP contribution < -0.4 is 9.62 Å². The summed E-state index contributed by atoms with van der Waals surface area (Å²) in [6, 6.07) is 3.80. The van der Waals surface area contributed by atoms with E-state index in [1.165, 1.54) is 0 Å². The number of nitrogens with one attached hydrogen (secondary N) is 1. The van der Waals surface area contributed by atoms with Gasteiger partial charge in [-0.25, -0.2) is 18.1 Å². The quantitative estimate of drug-likeness (QED) is 0.875. The molecule has 6 nitrogen and oxygen atoms in total. The Kier molecular flexibility index (Phi) is 5.18. The first kappa shape index (κ1) is 16.2. The van der Waals surface area contributed by atoms with Crippen LogP contribution in [0, 0.1) is 0 Å². The monoisotopic (exact) mass is 312 g/mol. The van der Waals surface area contributed by atoms with Crippen molar-refractivity contribution >= 4 is 15.8 Å². The SMILES string of the molecule is CCNS(=O)(=O)c1cccnc1N1CCN(C(C)C)CC1. The van der Waals surface area contributed by atoms with Crippen LogP contribution in [0.15, 0.2) is 23.2 Å². The predicted octanol–water partition coefficient (Wildman–Crippen LogP) is 0.910. The average Bonchev–Trinajstić information content (AvgIpc) is 2.47. The number of hydrogen-bond acceptors (Lipinski definition) is 5. The van der Waals surface area contributed by atoms with Crippen LogP contribution in [0.3, 0.4) is 0 Å². The van der Waals surface area contributed by atoms with E-state index in [-0.39, 0.29) is 4.90 Å². The molecule has 1 aliphatic heterocycles. The summed E-state index contributed by atoms with van der Waals surface area (Å²) in [5.74, 6) is 0.557. The first-order chi connectivity index (χ1) is 9.95. The van der Waals surface area contributed by atoms with Gasteiger partial charge in [-0.15, -0.1) is 0 Å². The smallest absolute Gasteiger partial charge is 0.244 e. The average molecular weight is 312 g/mol. The van der Waals surface area contributed by atoms with Crippen molar-refractivity contribution in [3.05, 3.63) is 18.3 Å². The van der Waals surface area contributed by atoms with E-state index in [9.17, 15) is 8.42 Å². The summed E-state index contributed by atoms with van der Waals surface area (Å²) < 4.78 is 27.1. The molecule has 7 heteroatoms. The summed E-state index contributed by atoms with van der Waals surface area (Å²) >= 11 is 0. The Hall–Kier alpha value is -1.18. The van der Waals surface area contributed by atoms with Gasteiger partial charge >= 0.3 is 0 Å². The highest BCUT2D eigenvalue weighted by atomic mass is 32.2. The van der Waals surface area contributed by atoms with Gasteiger partial charge in [0, 0.05) is 45.0 Å². The van der Waals surface area contributed by atoms with Gasteiger partial charge in [0.05, 0.1) is 0 Å². The molecule has 1 saturated heterocycles. The van der Waals surface area contributed by atoms with Crippen molar-refractivity contribution in [1.82, 2.24) is 14.6 Å². The third-order valence-corrected chi connectivity index (χ3v) is 5.29. The summed E-state index contributed by atoms with van der Waals surface area (Å²) in [4.78, 5) is 9.02. The molecule has 0 saturated carbocycles. The Balaban J connectivity index is 2.22.